The van der Waals surface area contributed by atoms with Crippen molar-refractivity contribution in [2.75, 3.05) is 25.5 Å². The lowest BCUT2D eigenvalue weighted by Crippen LogP contribution is -2.39. The van der Waals surface area contributed by atoms with Crippen molar-refractivity contribution in [1.29, 1.82) is 0 Å². The number of alkyl carbamates (subject to hydrolysis) is 1. The van der Waals surface area contributed by atoms with Crippen molar-refractivity contribution in [1.82, 2.24) is 15.6 Å². The minimum Gasteiger partial charge on any atom is -0.489 e. The molecule has 1 atom stereocenters. The Kier molecular flexibility index (Phi) is 8.88. The number of amides is 2. The fourth-order valence-electron chi connectivity index (χ4n) is 3.24. The van der Waals surface area contributed by atoms with E-state index < -0.39 is 17.7 Å². The lowest BCUT2D eigenvalue weighted by atomic mass is 10.1. The maximum atomic E-state index is 13.3. The van der Waals surface area contributed by atoms with E-state index in [0.29, 0.717) is 29.6 Å². The smallest absolute Gasteiger partial charge is 0.407 e. The lowest BCUT2D eigenvalue weighted by Gasteiger charge is -2.20. The number of anilines is 1. The number of nitrogens with zero attached hydrogens (tertiary/aromatic N) is 1. The van der Waals surface area contributed by atoms with E-state index in [4.69, 9.17) is 13.9 Å². The zero-order valence-electron chi connectivity index (χ0n) is 20.8. The first kappa shape index (κ1) is 26.5. The summed E-state index contributed by atoms with van der Waals surface area (Å²) in [4.78, 5) is 28.6. The molecule has 0 saturated heterocycles. The molecule has 0 aliphatic heterocycles. The van der Waals surface area contributed by atoms with E-state index in [1.165, 1.54) is 0 Å². The van der Waals surface area contributed by atoms with E-state index in [2.05, 4.69) is 20.9 Å². The number of carbonyl (C=O) groups is 2. The highest BCUT2D eigenvalue weighted by molar-refractivity contribution is 5.85. The van der Waals surface area contributed by atoms with Crippen molar-refractivity contribution >= 4 is 29.1 Å². The molecule has 1 unspecified atom stereocenters. The molecule has 1 aromatic heterocycles. The van der Waals surface area contributed by atoms with Crippen molar-refractivity contribution in [2.24, 2.45) is 0 Å². The Labute approximate surface area is 209 Å². The topological polar surface area (TPSA) is 115 Å². The highest BCUT2D eigenvalue weighted by Crippen LogP contribution is 2.25. The fraction of sp³-hybridized carbons (Fsp3) is 0.346. The molecule has 0 fully saturated rings. The molecule has 1 heterocycles. The third-order valence-corrected chi connectivity index (χ3v) is 4.94. The number of hydrogen-bond acceptors (Lipinski definition) is 7. The Balaban J connectivity index is 1.61. The summed E-state index contributed by atoms with van der Waals surface area (Å²) in [6, 6.07) is 14.2. The van der Waals surface area contributed by atoms with E-state index in [0.717, 1.165) is 5.56 Å². The molecule has 0 bridgehead atoms. The minimum atomic E-state index is -0.651. The van der Waals surface area contributed by atoms with Crippen LogP contribution in [0.15, 0.2) is 64.9 Å². The highest BCUT2D eigenvalue weighted by Gasteiger charge is 2.20. The van der Waals surface area contributed by atoms with Crippen LogP contribution in [0.5, 0.6) is 5.75 Å². The number of ether oxygens (including phenoxy) is 2. The van der Waals surface area contributed by atoms with Gasteiger partial charge in [0.15, 0.2) is 5.58 Å². The van der Waals surface area contributed by atoms with E-state index in [-0.39, 0.29) is 30.6 Å². The van der Waals surface area contributed by atoms with Crippen LogP contribution in [0.4, 0.5) is 15.2 Å². The van der Waals surface area contributed by atoms with Crippen LogP contribution in [0.1, 0.15) is 26.3 Å². The van der Waals surface area contributed by atoms with Gasteiger partial charge in [0, 0.05) is 31.7 Å². The van der Waals surface area contributed by atoms with Crippen molar-refractivity contribution in [3.63, 3.8) is 0 Å². The Morgan fingerprint density at radius 3 is 2.58 bits per heavy atom. The first-order valence-corrected chi connectivity index (χ1v) is 11.5. The Hall–Kier alpha value is -4.08. The molecule has 0 radical (unpaired) electrons. The molecule has 0 aliphatic rings. The van der Waals surface area contributed by atoms with Gasteiger partial charge in [-0.25, -0.2) is 9.18 Å². The van der Waals surface area contributed by atoms with Gasteiger partial charge in [-0.05, 0) is 38.5 Å². The van der Waals surface area contributed by atoms with Crippen molar-refractivity contribution in [3.8, 4) is 5.75 Å². The van der Waals surface area contributed by atoms with Crippen LogP contribution < -0.4 is 20.7 Å². The average molecular weight is 499 g/mol. The third kappa shape index (κ3) is 8.00. The molecule has 2 amide bonds. The molecule has 192 valence electrons. The largest absolute Gasteiger partial charge is 0.489 e. The minimum absolute atomic E-state index is 0.0632. The summed E-state index contributed by atoms with van der Waals surface area (Å²) in [5.41, 5.74) is 1.55. The SMILES string of the molecule is CNC(=O)C(Cc1ccccc1)Nc1nc2ccc(OC/C(=C\F)CNC(=O)OC(C)(C)C)cc2o1. The molecule has 10 heteroatoms. The number of rotatable bonds is 10. The molecular formula is C26H31FN4O5. The molecule has 0 spiro atoms. The van der Waals surface area contributed by atoms with Gasteiger partial charge in [0.1, 0.15) is 29.5 Å². The molecule has 3 N–H and O–H groups in total. The summed E-state index contributed by atoms with van der Waals surface area (Å²) in [5.74, 6) is 0.226. The van der Waals surface area contributed by atoms with Crippen molar-refractivity contribution in [2.45, 2.75) is 38.8 Å². The highest BCUT2D eigenvalue weighted by atomic mass is 19.1. The van der Waals surface area contributed by atoms with E-state index in [1.807, 2.05) is 30.3 Å². The molecule has 3 aromatic rings. The normalized spacial score (nSPS) is 12.6. The lowest BCUT2D eigenvalue weighted by molar-refractivity contribution is -0.121. The summed E-state index contributed by atoms with van der Waals surface area (Å²) < 4.78 is 29.8. The van der Waals surface area contributed by atoms with Gasteiger partial charge in [0.2, 0.25) is 5.91 Å². The van der Waals surface area contributed by atoms with E-state index in [9.17, 15) is 14.0 Å². The number of carbonyl (C=O) groups excluding carboxylic acids is 2. The number of benzene rings is 2. The van der Waals surface area contributed by atoms with Gasteiger partial charge in [0.05, 0.1) is 6.33 Å². The van der Waals surface area contributed by atoms with Crippen molar-refractivity contribution < 1.29 is 27.9 Å². The van der Waals surface area contributed by atoms with Crippen LogP contribution in [0, 0.1) is 0 Å². The average Bonchev–Trinajstić information content (AvgIpc) is 3.24. The van der Waals surface area contributed by atoms with Crippen LogP contribution in [0.2, 0.25) is 0 Å². The second-order valence-corrected chi connectivity index (χ2v) is 9.06. The Morgan fingerprint density at radius 2 is 1.92 bits per heavy atom. The molecule has 2 aromatic carbocycles. The second-order valence-electron chi connectivity index (χ2n) is 9.06. The van der Waals surface area contributed by atoms with Gasteiger partial charge in [-0.3, -0.25) is 4.79 Å². The number of hydrogen-bond donors (Lipinski definition) is 3. The number of fused-ring (bicyclic) bond motifs is 1. The number of likely N-dealkylation sites (N-methyl/N-ethyl adjacent to an activating group) is 1. The number of aromatic nitrogens is 1. The van der Waals surface area contributed by atoms with Crippen molar-refractivity contribution in [3.05, 3.63) is 66.0 Å². The first-order chi connectivity index (χ1) is 17.2. The fourth-order valence-corrected chi connectivity index (χ4v) is 3.24. The van der Waals surface area contributed by atoms with Gasteiger partial charge in [-0.2, -0.15) is 4.98 Å². The summed E-state index contributed by atoms with van der Waals surface area (Å²) in [5, 5.41) is 8.19. The molecule has 3 rings (SSSR count). The monoisotopic (exact) mass is 498 g/mol. The van der Waals surface area contributed by atoms with Gasteiger partial charge in [-0.1, -0.05) is 30.3 Å². The number of oxazole rings is 1. The standard InChI is InChI=1S/C26H31FN4O5/c1-26(2,3)36-25(33)29-15-18(14-27)16-34-19-10-11-20-22(13-19)35-24(30-20)31-21(23(32)28-4)12-17-8-6-5-7-9-17/h5-11,13-14,21H,12,15-16H2,1-4H3,(H,28,32)(H,29,33)(H,30,31)/b18-14-. The predicted molar refractivity (Wildman–Crippen MR) is 135 cm³/mol. The van der Waals surface area contributed by atoms with Crippen LogP contribution in [0.25, 0.3) is 11.1 Å². The van der Waals surface area contributed by atoms with Gasteiger partial charge < -0.3 is 29.8 Å². The second kappa shape index (κ2) is 12.1. The molecule has 36 heavy (non-hydrogen) atoms. The summed E-state index contributed by atoms with van der Waals surface area (Å²) in [7, 11) is 1.57. The predicted octanol–water partition coefficient (Wildman–Crippen LogP) is 4.35. The molecule has 0 saturated carbocycles. The summed E-state index contributed by atoms with van der Waals surface area (Å²) in [6.07, 6.45) is 0.189. The van der Waals surface area contributed by atoms with Gasteiger partial charge in [0.25, 0.3) is 6.01 Å². The summed E-state index contributed by atoms with van der Waals surface area (Å²) in [6.45, 7) is 5.07. The van der Waals surface area contributed by atoms with Crippen LogP contribution in [-0.2, 0) is 16.0 Å². The van der Waals surface area contributed by atoms with E-state index in [1.54, 1.807) is 46.0 Å². The first-order valence-electron chi connectivity index (χ1n) is 11.5. The zero-order chi connectivity index (χ0) is 26.1. The molecule has 0 aliphatic carbocycles. The third-order valence-electron chi connectivity index (χ3n) is 4.94. The maximum Gasteiger partial charge on any atom is 0.407 e. The Bertz CT molecular complexity index is 1200. The van der Waals surface area contributed by atoms with Gasteiger partial charge >= 0.3 is 6.09 Å². The quantitative estimate of drug-likeness (QED) is 0.381. The number of halogens is 1. The molecule has 9 nitrogen and oxygen atoms in total. The Morgan fingerprint density at radius 1 is 1.17 bits per heavy atom. The summed E-state index contributed by atoms with van der Waals surface area (Å²) >= 11 is 0. The van der Waals surface area contributed by atoms with E-state index >= 15 is 0 Å². The zero-order valence-corrected chi connectivity index (χ0v) is 20.8. The van der Waals surface area contributed by atoms with Crippen LogP contribution in [-0.4, -0.2) is 48.8 Å². The number of nitrogens with one attached hydrogen (secondary N) is 3. The van der Waals surface area contributed by atoms with Crippen LogP contribution in [0.3, 0.4) is 0 Å². The van der Waals surface area contributed by atoms with Gasteiger partial charge in [-0.15, -0.1) is 0 Å². The van der Waals surface area contributed by atoms with Crippen LogP contribution >= 0.6 is 0 Å². The maximum absolute atomic E-state index is 13.3. The molecular weight excluding hydrogens is 467 g/mol.